The highest BCUT2D eigenvalue weighted by Crippen LogP contribution is 2.11. The Balaban J connectivity index is 1.94. The zero-order valence-corrected chi connectivity index (χ0v) is 10.1. The zero-order chi connectivity index (χ0) is 13.0. The fraction of sp³-hybridized carbons (Fsp3) is 0.300. The average Bonchev–Trinajstić information content (AvgIpc) is 2.74. The number of imidazole rings is 1. The van der Waals surface area contributed by atoms with Crippen molar-refractivity contribution in [1.29, 1.82) is 0 Å². The molecule has 0 atom stereocenters. The van der Waals surface area contributed by atoms with Gasteiger partial charge in [-0.1, -0.05) is 0 Å². The molecule has 0 saturated carbocycles. The number of hydrogen-bond donors (Lipinski definition) is 4. The summed E-state index contributed by atoms with van der Waals surface area (Å²) < 4.78 is 1.98. The second-order valence-electron chi connectivity index (χ2n) is 3.77. The number of hydrazine groups is 1. The molecule has 0 aliphatic heterocycles. The third-order valence-corrected chi connectivity index (χ3v) is 2.47. The van der Waals surface area contributed by atoms with Gasteiger partial charge in [0.1, 0.15) is 17.5 Å². The third-order valence-electron chi connectivity index (χ3n) is 2.47. The van der Waals surface area contributed by atoms with Crippen molar-refractivity contribution >= 4 is 17.6 Å². The van der Waals surface area contributed by atoms with E-state index in [2.05, 4.69) is 25.7 Å². The fourth-order valence-corrected chi connectivity index (χ4v) is 1.57. The summed E-state index contributed by atoms with van der Waals surface area (Å²) in [6.07, 6.45) is 4.47. The number of nitrogen functional groups attached to an aromatic ring is 2. The SMILES string of the molecule is Cn1ccnc1CCNc1cc(NN)nc(N)n1. The van der Waals surface area contributed by atoms with Crippen LogP contribution in [0, 0.1) is 0 Å². The van der Waals surface area contributed by atoms with E-state index in [1.165, 1.54) is 0 Å². The van der Waals surface area contributed by atoms with Crippen LogP contribution in [0.4, 0.5) is 17.6 Å². The quantitative estimate of drug-likeness (QED) is 0.424. The maximum absolute atomic E-state index is 5.55. The molecule has 2 aromatic heterocycles. The van der Waals surface area contributed by atoms with Crippen LogP contribution < -0.4 is 22.3 Å². The molecule has 0 spiro atoms. The fourth-order valence-electron chi connectivity index (χ4n) is 1.57. The van der Waals surface area contributed by atoms with Crippen molar-refractivity contribution in [1.82, 2.24) is 19.5 Å². The molecule has 2 rings (SSSR count). The summed E-state index contributed by atoms with van der Waals surface area (Å²) in [6.45, 7) is 0.700. The summed E-state index contributed by atoms with van der Waals surface area (Å²) >= 11 is 0. The van der Waals surface area contributed by atoms with Crippen molar-refractivity contribution in [2.45, 2.75) is 6.42 Å². The van der Waals surface area contributed by atoms with Gasteiger partial charge in [0.25, 0.3) is 0 Å². The van der Waals surface area contributed by atoms with Gasteiger partial charge in [-0.15, -0.1) is 0 Å². The Kier molecular flexibility index (Phi) is 3.58. The number of aromatic nitrogens is 4. The maximum Gasteiger partial charge on any atom is 0.223 e. The molecular weight excluding hydrogens is 232 g/mol. The van der Waals surface area contributed by atoms with Gasteiger partial charge in [-0.25, -0.2) is 10.8 Å². The molecule has 0 bridgehead atoms. The van der Waals surface area contributed by atoms with E-state index in [1.807, 2.05) is 17.8 Å². The van der Waals surface area contributed by atoms with Gasteiger partial charge in [0.2, 0.25) is 5.95 Å². The largest absolute Gasteiger partial charge is 0.369 e. The average molecular weight is 248 g/mol. The number of rotatable bonds is 5. The molecule has 0 fully saturated rings. The summed E-state index contributed by atoms with van der Waals surface area (Å²) in [6, 6.07) is 1.69. The minimum atomic E-state index is 0.171. The lowest BCUT2D eigenvalue weighted by Crippen LogP contribution is -2.13. The topological polar surface area (TPSA) is 120 Å². The Morgan fingerprint density at radius 3 is 2.78 bits per heavy atom. The van der Waals surface area contributed by atoms with Crippen molar-refractivity contribution in [2.24, 2.45) is 12.9 Å². The van der Waals surface area contributed by atoms with Crippen LogP contribution in [0.2, 0.25) is 0 Å². The molecule has 8 heteroatoms. The summed E-state index contributed by atoms with van der Waals surface area (Å²) in [5.41, 5.74) is 7.98. The molecule has 6 N–H and O–H groups in total. The van der Waals surface area contributed by atoms with E-state index >= 15 is 0 Å². The number of anilines is 3. The molecule has 8 nitrogen and oxygen atoms in total. The molecule has 18 heavy (non-hydrogen) atoms. The van der Waals surface area contributed by atoms with Crippen LogP contribution in [0.3, 0.4) is 0 Å². The second-order valence-corrected chi connectivity index (χ2v) is 3.77. The van der Waals surface area contributed by atoms with E-state index in [0.717, 1.165) is 12.2 Å². The predicted molar refractivity (Wildman–Crippen MR) is 69.7 cm³/mol. The summed E-state index contributed by atoms with van der Waals surface area (Å²) in [5, 5.41) is 3.15. The molecule has 0 aliphatic carbocycles. The third kappa shape index (κ3) is 2.86. The zero-order valence-electron chi connectivity index (χ0n) is 10.1. The van der Waals surface area contributed by atoms with Crippen molar-refractivity contribution < 1.29 is 0 Å². The van der Waals surface area contributed by atoms with Gasteiger partial charge in [-0.3, -0.25) is 0 Å². The second kappa shape index (κ2) is 5.32. The molecule has 0 amide bonds. The molecule has 2 heterocycles. The lowest BCUT2D eigenvalue weighted by atomic mass is 10.4. The van der Waals surface area contributed by atoms with Crippen LogP contribution >= 0.6 is 0 Å². The first-order valence-electron chi connectivity index (χ1n) is 5.50. The van der Waals surface area contributed by atoms with Crippen LogP contribution in [-0.2, 0) is 13.5 Å². The van der Waals surface area contributed by atoms with Gasteiger partial charge in [0, 0.05) is 38.5 Å². The molecular formula is C10H16N8. The first-order valence-corrected chi connectivity index (χ1v) is 5.50. The van der Waals surface area contributed by atoms with Crippen LogP contribution in [0.25, 0.3) is 0 Å². The molecule has 96 valence electrons. The van der Waals surface area contributed by atoms with E-state index in [1.54, 1.807) is 12.3 Å². The Morgan fingerprint density at radius 2 is 2.11 bits per heavy atom. The van der Waals surface area contributed by atoms with Crippen molar-refractivity contribution in [3.63, 3.8) is 0 Å². The van der Waals surface area contributed by atoms with Crippen molar-refractivity contribution in [2.75, 3.05) is 23.0 Å². The van der Waals surface area contributed by atoms with Gasteiger partial charge in [-0.05, 0) is 0 Å². The highest BCUT2D eigenvalue weighted by Gasteiger charge is 2.02. The molecule has 2 aromatic rings. The number of nitrogens with zero attached hydrogens (tertiary/aromatic N) is 4. The Bertz CT molecular complexity index is 520. The van der Waals surface area contributed by atoms with E-state index < -0.39 is 0 Å². The minimum Gasteiger partial charge on any atom is -0.369 e. The molecule has 0 saturated heterocycles. The predicted octanol–water partition coefficient (Wildman–Crippen LogP) is -0.267. The van der Waals surface area contributed by atoms with Crippen LogP contribution in [0.1, 0.15) is 5.82 Å². The van der Waals surface area contributed by atoms with Crippen LogP contribution in [-0.4, -0.2) is 26.1 Å². The Hall–Kier alpha value is -2.35. The Morgan fingerprint density at radius 1 is 1.33 bits per heavy atom. The lowest BCUT2D eigenvalue weighted by Gasteiger charge is -2.08. The maximum atomic E-state index is 5.55. The molecule has 0 aromatic carbocycles. The molecule has 0 unspecified atom stereocenters. The lowest BCUT2D eigenvalue weighted by molar-refractivity contribution is 0.788. The minimum absolute atomic E-state index is 0.171. The molecule has 0 aliphatic rings. The standard InChI is InChI=1S/C10H16N8/c1-18-5-4-14-9(18)2-3-13-7-6-8(17-12)16-10(11)15-7/h4-6H,2-3,12H2,1H3,(H4,11,13,15,16,17). The van der Waals surface area contributed by atoms with Gasteiger partial charge in [-0.2, -0.15) is 9.97 Å². The first-order chi connectivity index (χ1) is 8.69. The van der Waals surface area contributed by atoms with Crippen molar-refractivity contribution in [3.05, 3.63) is 24.3 Å². The van der Waals surface area contributed by atoms with Gasteiger partial charge >= 0.3 is 0 Å². The summed E-state index contributed by atoms with van der Waals surface area (Å²) in [7, 11) is 1.96. The van der Waals surface area contributed by atoms with Gasteiger partial charge in [0.15, 0.2) is 0 Å². The number of hydrogen-bond acceptors (Lipinski definition) is 7. The number of nitrogens with two attached hydrogens (primary N) is 2. The van der Waals surface area contributed by atoms with Crippen LogP contribution in [0.5, 0.6) is 0 Å². The first kappa shape index (κ1) is 12.1. The number of nitrogens with one attached hydrogen (secondary N) is 2. The normalized spacial score (nSPS) is 10.3. The van der Waals surface area contributed by atoms with E-state index in [4.69, 9.17) is 11.6 Å². The van der Waals surface area contributed by atoms with Crippen LogP contribution in [0.15, 0.2) is 18.5 Å². The Labute approximate surface area is 104 Å². The molecule has 0 radical (unpaired) electrons. The van der Waals surface area contributed by atoms with Crippen molar-refractivity contribution in [3.8, 4) is 0 Å². The highest BCUT2D eigenvalue weighted by molar-refractivity contribution is 5.50. The smallest absolute Gasteiger partial charge is 0.223 e. The van der Waals surface area contributed by atoms with E-state index in [0.29, 0.717) is 18.2 Å². The van der Waals surface area contributed by atoms with Gasteiger partial charge < -0.3 is 21.0 Å². The summed E-state index contributed by atoms with van der Waals surface area (Å²) in [4.78, 5) is 12.2. The van der Waals surface area contributed by atoms with Gasteiger partial charge in [0.05, 0.1) is 0 Å². The summed E-state index contributed by atoms with van der Waals surface area (Å²) in [5.74, 6) is 7.55. The highest BCUT2D eigenvalue weighted by atomic mass is 15.3. The van der Waals surface area contributed by atoms with E-state index in [-0.39, 0.29) is 5.95 Å². The number of aryl methyl sites for hydroxylation is 1. The monoisotopic (exact) mass is 248 g/mol. The van der Waals surface area contributed by atoms with E-state index in [9.17, 15) is 0 Å².